The highest BCUT2D eigenvalue weighted by Crippen LogP contribution is 2.51. The molecule has 5 heteroatoms. The van der Waals surface area contributed by atoms with E-state index in [1.807, 2.05) is 0 Å². The molecule has 2 aromatic rings. The summed E-state index contributed by atoms with van der Waals surface area (Å²) >= 11 is 0. The van der Waals surface area contributed by atoms with E-state index in [2.05, 4.69) is 55.8 Å². The van der Waals surface area contributed by atoms with Crippen LogP contribution in [0.1, 0.15) is 79.8 Å². The Bertz CT molecular complexity index is 948. The summed E-state index contributed by atoms with van der Waals surface area (Å²) in [5, 5.41) is -0.206. The number of rotatable bonds is 11. The van der Waals surface area contributed by atoms with Gasteiger partial charge in [0.15, 0.2) is 5.78 Å². The van der Waals surface area contributed by atoms with Crippen LogP contribution in [0.5, 0.6) is 0 Å². The third-order valence-electron chi connectivity index (χ3n) is 7.48. The molecule has 1 heterocycles. The maximum atomic E-state index is 13.1. The molecule has 0 bridgehead atoms. The van der Waals surface area contributed by atoms with Gasteiger partial charge in [0.1, 0.15) is 5.82 Å². The maximum Gasteiger partial charge on any atom is 0.162 e. The second-order valence-corrected chi connectivity index (χ2v) is 10.0. The molecule has 2 atom stereocenters. The van der Waals surface area contributed by atoms with Crippen molar-refractivity contribution >= 4 is 19.3 Å². The molecular weight excluding hydrogens is 422 g/mol. The Morgan fingerprint density at radius 1 is 1.18 bits per heavy atom. The van der Waals surface area contributed by atoms with Crippen LogP contribution >= 0.6 is 0 Å². The van der Waals surface area contributed by atoms with E-state index in [1.54, 1.807) is 12.1 Å². The standard InChI is InChI=1S/C29H40BFN2O/c1-5-16-29(30)17-20-33(19-8-11-28(34)23-12-14-24(31)15-13-23)21-26(29)25-9-7-10-27(22(25)3)32(4)18-6-2/h7,9-10,12-15,26H,5-6,8,11,16-21H2,1-4H3/t26-,29+/m0/s1. The van der Waals surface area contributed by atoms with Gasteiger partial charge in [-0.25, -0.2) is 4.39 Å². The van der Waals surface area contributed by atoms with Crippen molar-refractivity contribution in [2.24, 2.45) is 0 Å². The van der Waals surface area contributed by atoms with E-state index < -0.39 is 0 Å². The van der Waals surface area contributed by atoms with Crippen LogP contribution in [0, 0.1) is 12.7 Å². The summed E-state index contributed by atoms with van der Waals surface area (Å²) in [6.45, 7) is 10.5. The van der Waals surface area contributed by atoms with Gasteiger partial charge in [-0.2, -0.15) is 0 Å². The van der Waals surface area contributed by atoms with Crippen LogP contribution in [-0.4, -0.2) is 51.8 Å². The van der Waals surface area contributed by atoms with Crippen LogP contribution in [0.3, 0.4) is 0 Å². The molecule has 1 aliphatic rings. The molecular formula is C29H40BFN2O. The van der Waals surface area contributed by atoms with Gasteiger partial charge in [-0.15, -0.1) is 0 Å². The summed E-state index contributed by atoms with van der Waals surface area (Å²) in [6.07, 6.45) is 5.45. The van der Waals surface area contributed by atoms with E-state index in [0.29, 0.717) is 12.0 Å². The van der Waals surface area contributed by atoms with Gasteiger partial charge in [0.25, 0.3) is 0 Å². The van der Waals surface area contributed by atoms with E-state index in [9.17, 15) is 9.18 Å². The lowest BCUT2D eigenvalue weighted by Crippen LogP contribution is -2.43. The number of anilines is 1. The minimum atomic E-state index is -0.312. The van der Waals surface area contributed by atoms with Crippen LogP contribution < -0.4 is 4.90 Å². The van der Waals surface area contributed by atoms with Crippen molar-refractivity contribution in [2.45, 2.75) is 70.5 Å². The normalized spacial score (nSPS) is 20.9. The number of hydrogen-bond donors (Lipinski definition) is 0. The van der Waals surface area contributed by atoms with Gasteiger partial charge in [0.05, 0.1) is 7.85 Å². The first-order valence-electron chi connectivity index (χ1n) is 12.9. The highest BCUT2D eigenvalue weighted by molar-refractivity contribution is 6.16. The van der Waals surface area contributed by atoms with Gasteiger partial charge in [-0.1, -0.05) is 44.1 Å². The number of nitrogens with zero attached hydrogens (tertiary/aromatic N) is 2. The third-order valence-corrected chi connectivity index (χ3v) is 7.48. The fraction of sp³-hybridized carbons (Fsp3) is 0.552. The van der Waals surface area contributed by atoms with E-state index in [0.717, 1.165) is 58.3 Å². The fourth-order valence-corrected chi connectivity index (χ4v) is 5.58. The first-order valence-corrected chi connectivity index (χ1v) is 12.9. The summed E-state index contributed by atoms with van der Waals surface area (Å²) < 4.78 is 13.1. The van der Waals surface area contributed by atoms with Crippen molar-refractivity contribution in [3.63, 3.8) is 0 Å². The van der Waals surface area contributed by atoms with Crippen LogP contribution in [-0.2, 0) is 0 Å². The van der Waals surface area contributed by atoms with Gasteiger partial charge in [-0.05, 0) is 86.7 Å². The lowest BCUT2D eigenvalue weighted by Gasteiger charge is -2.48. The Kier molecular flexibility index (Phi) is 9.35. The number of likely N-dealkylation sites (tertiary alicyclic amines) is 1. The predicted molar refractivity (Wildman–Crippen MR) is 142 cm³/mol. The molecule has 3 nitrogen and oxygen atoms in total. The number of carbonyl (C=O) groups is 1. The van der Waals surface area contributed by atoms with Crippen LogP contribution in [0.25, 0.3) is 0 Å². The molecule has 0 unspecified atom stereocenters. The molecule has 1 saturated heterocycles. The zero-order valence-corrected chi connectivity index (χ0v) is 21.4. The van der Waals surface area contributed by atoms with Crippen molar-refractivity contribution in [3.8, 4) is 0 Å². The van der Waals surface area contributed by atoms with Crippen molar-refractivity contribution < 1.29 is 9.18 Å². The molecule has 3 rings (SSSR count). The smallest absolute Gasteiger partial charge is 0.162 e. The third kappa shape index (κ3) is 6.30. The lowest BCUT2D eigenvalue weighted by atomic mass is 9.53. The summed E-state index contributed by atoms with van der Waals surface area (Å²) in [4.78, 5) is 17.3. The molecule has 0 aromatic heterocycles. The van der Waals surface area contributed by atoms with Crippen molar-refractivity contribution in [2.75, 3.05) is 38.1 Å². The first kappa shape index (κ1) is 26.5. The highest BCUT2D eigenvalue weighted by atomic mass is 19.1. The number of hydrogen-bond acceptors (Lipinski definition) is 3. The zero-order valence-electron chi connectivity index (χ0n) is 21.4. The number of piperidine rings is 1. The van der Waals surface area contributed by atoms with E-state index in [1.165, 1.54) is 28.9 Å². The van der Waals surface area contributed by atoms with Crippen molar-refractivity contribution in [1.82, 2.24) is 4.90 Å². The predicted octanol–water partition coefficient (Wildman–Crippen LogP) is 6.56. The van der Waals surface area contributed by atoms with Crippen molar-refractivity contribution in [3.05, 3.63) is 65.0 Å². The van der Waals surface area contributed by atoms with E-state index in [4.69, 9.17) is 7.85 Å². The lowest BCUT2D eigenvalue weighted by molar-refractivity contribution is 0.0967. The Morgan fingerprint density at radius 3 is 2.59 bits per heavy atom. The molecule has 0 N–H and O–H groups in total. The van der Waals surface area contributed by atoms with E-state index >= 15 is 0 Å². The van der Waals surface area contributed by atoms with Crippen LogP contribution in [0.15, 0.2) is 42.5 Å². The van der Waals surface area contributed by atoms with Gasteiger partial charge in [0, 0.05) is 37.8 Å². The average Bonchev–Trinajstić information content (AvgIpc) is 2.81. The Hall–Kier alpha value is -2.14. The second-order valence-electron chi connectivity index (χ2n) is 10.0. The quantitative estimate of drug-likeness (QED) is 0.279. The molecule has 0 aliphatic carbocycles. The largest absolute Gasteiger partial charge is 0.374 e. The zero-order chi connectivity index (χ0) is 24.7. The first-order chi connectivity index (χ1) is 16.3. The van der Waals surface area contributed by atoms with Crippen LogP contribution in [0.2, 0.25) is 5.31 Å². The molecule has 1 aliphatic heterocycles. The van der Waals surface area contributed by atoms with Gasteiger partial charge in [0.2, 0.25) is 0 Å². The molecule has 182 valence electrons. The molecule has 1 fully saturated rings. The molecule has 2 aromatic carbocycles. The summed E-state index contributed by atoms with van der Waals surface area (Å²) in [6, 6.07) is 12.5. The fourth-order valence-electron chi connectivity index (χ4n) is 5.58. The Labute approximate surface area is 207 Å². The molecule has 34 heavy (non-hydrogen) atoms. The Balaban J connectivity index is 1.72. The van der Waals surface area contributed by atoms with E-state index in [-0.39, 0.29) is 22.8 Å². The molecule has 0 amide bonds. The number of halogens is 1. The minimum absolute atomic E-state index is 0.0789. The number of Topliss-reactive ketones (excluding diaryl/α,β-unsaturated/α-hetero) is 1. The van der Waals surface area contributed by atoms with Gasteiger partial charge in [-0.3, -0.25) is 4.79 Å². The van der Waals surface area contributed by atoms with Crippen LogP contribution in [0.4, 0.5) is 10.1 Å². The summed E-state index contributed by atoms with van der Waals surface area (Å²) in [7, 11) is 9.27. The second kappa shape index (κ2) is 12.0. The average molecular weight is 462 g/mol. The molecule has 2 radical (unpaired) electrons. The summed E-state index contributed by atoms with van der Waals surface area (Å²) in [5.74, 6) is 0.0349. The topological polar surface area (TPSA) is 23.6 Å². The summed E-state index contributed by atoms with van der Waals surface area (Å²) in [5.41, 5.74) is 4.58. The monoisotopic (exact) mass is 462 g/mol. The minimum Gasteiger partial charge on any atom is -0.374 e. The van der Waals surface area contributed by atoms with Gasteiger partial charge >= 0.3 is 0 Å². The highest BCUT2D eigenvalue weighted by Gasteiger charge is 2.39. The number of benzene rings is 2. The van der Waals surface area contributed by atoms with Gasteiger partial charge < -0.3 is 9.80 Å². The Morgan fingerprint density at radius 2 is 1.91 bits per heavy atom. The van der Waals surface area contributed by atoms with Crippen molar-refractivity contribution in [1.29, 1.82) is 0 Å². The SMILES string of the molecule is [B][C@]1(CCC)CCN(CCCC(=O)c2ccc(F)cc2)C[C@H]1c1cccc(N(C)CCC)c1C. The maximum absolute atomic E-state index is 13.1. The number of ketones is 1. The number of carbonyl (C=O) groups excluding carboxylic acids is 1. The molecule has 0 spiro atoms. The molecule has 0 saturated carbocycles.